The molecule has 1 aliphatic heterocycles. The molecule has 18 heavy (non-hydrogen) atoms. The Labute approximate surface area is 106 Å². The lowest BCUT2D eigenvalue weighted by Crippen LogP contribution is -2.47. The van der Waals surface area contributed by atoms with Gasteiger partial charge in [-0.05, 0) is 18.8 Å². The molecule has 0 spiro atoms. The Bertz CT molecular complexity index is 316. The molecule has 1 saturated carbocycles. The third-order valence-corrected chi connectivity index (χ3v) is 3.17. The highest BCUT2D eigenvalue weighted by atomic mass is 16.5. The molecule has 1 aliphatic carbocycles. The number of hydrogen-bond donors (Lipinski definition) is 1. The first-order valence-electron chi connectivity index (χ1n) is 6.34. The van der Waals surface area contributed by atoms with Crippen LogP contribution in [-0.4, -0.2) is 60.9 Å². The SMILES string of the molecule is O=C(O)C[C@@H]1CN(C(=O)COCC2CC2)CCO1. The van der Waals surface area contributed by atoms with Crippen molar-refractivity contribution >= 4 is 11.9 Å². The molecule has 102 valence electrons. The number of carbonyl (C=O) groups excluding carboxylic acids is 1. The van der Waals surface area contributed by atoms with Crippen molar-refractivity contribution in [3.63, 3.8) is 0 Å². The molecule has 1 amide bonds. The Balaban J connectivity index is 1.69. The van der Waals surface area contributed by atoms with Gasteiger partial charge in [0.05, 0.1) is 25.7 Å². The van der Waals surface area contributed by atoms with Crippen LogP contribution in [0.25, 0.3) is 0 Å². The van der Waals surface area contributed by atoms with E-state index in [0.29, 0.717) is 32.2 Å². The second kappa shape index (κ2) is 6.15. The van der Waals surface area contributed by atoms with Crippen molar-refractivity contribution in [2.24, 2.45) is 5.92 Å². The summed E-state index contributed by atoms with van der Waals surface area (Å²) in [5.41, 5.74) is 0. The molecule has 0 aromatic carbocycles. The highest BCUT2D eigenvalue weighted by molar-refractivity contribution is 5.77. The maximum Gasteiger partial charge on any atom is 0.306 e. The highest BCUT2D eigenvalue weighted by Gasteiger charge is 2.26. The van der Waals surface area contributed by atoms with Gasteiger partial charge in [-0.3, -0.25) is 9.59 Å². The summed E-state index contributed by atoms with van der Waals surface area (Å²) in [6.07, 6.45) is 1.94. The van der Waals surface area contributed by atoms with Crippen LogP contribution >= 0.6 is 0 Å². The lowest BCUT2D eigenvalue weighted by Gasteiger charge is -2.32. The number of rotatable bonds is 6. The van der Waals surface area contributed by atoms with E-state index in [1.807, 2.05) is 0 Å². The fourth-order valence-electron chi connectivity index (χ4n) is 1.95. The van der Waals surface area contributed by atoms with E-state index >= 15 is 0 Å². The van der Waals surface area contributed by atoms with Gasteiger partial charge >= 0.3 is 5.97 Å². The van der Waals surface area contributed by atoms with Crippen molar-refractivity contribution < 1.29 is 24.2 Å². The van der Waals surface area contributed by atoms with Gasteiger partial charge in [0.25, 0.3) is 0 Å². The minimum Gasteiger partial charge on any atom is -0.481 e. The molecule has 0 unspecified atom stereocenters. The van der Waals surface area contributed by atoms with Gasteiger partial charge in [0.2, 0.25) is 5.91 Å². The standard InChI is InChI=1S/C12H19NO5/c14-11(8-17-7-9-1-2-9)13-3-4-18-10(6-13)5-12(15)16/h9-10H,1-8H2,(H,15,16)/t10-/m1/s1. The number of amides is 1. The van der Waals surface area contributed by atoms with Crippen molar-refractivity contribution in [3.8, 4) is 0 Å². The van der Waals surface area contributed by atoms with Gasteiger partial charge in [-0.2, -0.15) is 0 Å². The van der Waals surface area contributed by atoms with Gasteiger partial charge < -0.3 is 19.5 Å². The summed E-state index contributed by atoms with van der Waals surface area (Å²) in [5.74, 6) is -0.337. The number of hydrogen-bond acceptors (Lipinski definition) is 4. The lowest BCUT2D eigenvalue weighted by atomic mass is 10.2. The van der Waals surface area contributed by atoms with E-state index in [0.717, 1.165) is 0 Å². The molecule has 1 N–H and O–H groups in total. The number of carboxylic acid groups (broad SMARTS) is 1. The van der Waals surface area contributed by atoms with Gasteiger partial charge in [0.1, 0.15) is 6.61 Å². The Morgan fingerprint density at radius 2 is 2.17 bits per heavy atom. The topological polar surface area (TPSA) is 76.1 Å². The monoisotopic (exact) mass is 257 g/mol. The van der Waals surface area contributed by atoms with Crippen LogP contribution in [0.2, 0.25) is 0 Å². The summed E-state index contributed by atoms with van der Waals surface area (Å²) < 4.78 is 10.6. The summed E-state index contributed by atoms with van der Waals surface area (Å²) in [5, 5.41) is 8.69. The zero-order chi connectivity index (χ0) is 13.0. The molecule has 0 bridgehead atoms. The van der Waals surface area contributed by atoms with E-state index < -0.39 is 12.1 Å². The molecule has 0 aromatic heterocycles. The number of aliphatic carboxylic acids is 1. The number of morpholine rings is 1. The Hall–Kier alpha value is -1.14. The molecular weight excluding hydrogens is 238 g/mol. The zero-order valence-electron chi connectivity index (χ0n) is 10.3. The molecule has 0 aromatic rings. The summed E-state index contributed by atoms with van der Waals surface area (Å²) in [4.78, 5) is 24.0. The van der Waals surface area contributed by atoms with Crippen LogP contribution in [0, 0.1) is 5.92 Å². The van der Waals surface area contributed by atoms with Crippen molar-refractivity contribution in [2.45, 2.75) is 25.4 Å². The van der Waals surface area contributed by atoms with E-state index in [1.54, 1.807) is 4.90 Å². The highest BCUT2D eigenvalue weighted by Crippen LogP contribution is 2.28. The Morgan fingerprint density at radius 1 is 1.39 bits per heavy atom. The van der Waals surface area contributed by atoms with Gasteiger partial charge in [0.15, 0.2) is 0 Å². The van der Waals surface area contributed by atoms with Crippen LogP contribution < -0.4 is 0 Å². The first-order valence-corrected chi connectivity index (χ1v) is 6.34. The number of ether oxygens (including phenoxy) is 2. The summed E-state index contributed by atoms with van der Waals surface area (Å²) in [6.45, 7) is 2.01. The van der Waals surface area contributed by atoms with Crippen LogP contribution in [0.15, 0.2) is 0 Å². The zero-order valence-corrected chi connectivity index (χ0v) is 10.3. The summed E-state index contributed by atoms with van der Waals surface area (Å²) >= 11 is 0. The average molecular weight is 257 g/mol. The quantitative estimate of drug-likeness (QED) is 0.731. The maximum atomic E-state index is 11.8. The first-order chi connectivity index (χ1) is 8.65. The van der Waals surface area contributed by atoms with E-state index in [1.165, 1.54) is 12.8 Å². The van der Waals surface area contributed by atoms with E-state index in [2.05, 4.69) is 0 Å². The van der Waals surface area contributed by atoms with Crippen molar-refractivity contribution in [1.82, 2.24) is 4.90 Å². The van der Waals surface area contributed by atoms with Gasteiger partial charge in [-0.1, -0.05) is 0 Å². The molecule has 1 saturated heterocycles. The van der Waals surface area contributed by atoms with E-state index in [9.17, 15) is 9.59 Å². The molecular formula is C12H19NO5. The van der Waals surface area contributed by atoms with Gasteiger partial charge in [-0.25, -0.2) is 0 Å². The van der Waals surface area contributed by atoms with Crippen LogP contribution in [-0.2, 0) is 19.1 Å². The van der Waals surface area contributed by atoms with Crippen LogP contribution in [0.4, 0.5) is 0 Å². The second-order valence-corrected chi connectivity index (χ2v) is 4.89. The summed E-state index contributed by atoms with van der Waals surface area (Å²) in [7, 11) is 0. The Morgan fingerprint density at radius 3 is 2.83 bits per heavy atom. The predicted molar refractivity (Wildman–Crippen MR) is 62.1 cm³/mol. The normalized spacial score (nSPS) is 24.0. The van der Waals surface area contributed by atoms with Crippen LogP contribution in [0.5, 0.6) is 0 Å². The largest absolute Gasteiger partial charge is 0.481 e. The van der Waals surface area contributed by atoms with E-state index in [-0.39, 0.29) is 18.9 Å². The molecule has 2 fully saturated rings. The molecule has 2 aliphatic rings. The number of carboxylic acids is 1. The fourth-order valence-corrected chi connectivity index (χ4v) is 1.95. The third kappa shape index (κ3) is 4.27. The van der Waals surface area contributed by atoms with Crippen molar-refractivity contribution in [3.05, 3.63) is 0 Å². The predicted octanol–water partition coefficient (Wildman–Crippen LogP) is 0.115. The second-order valence-electron chi connectivity index (χ2n) is 4.89. The van der Waals surface area contributed by atoms with Crippen molar-refractivity contribution in [2.75, 3.05) is 32.9 Å². The smallest absolute Gasteiger partial charge is 0.306 e. The summed E-state index contributed by atoms with van der Waals surface area (Å²) in [6, 6.07) is 0. The lowest BCUT2D eigenvalue weighted by molar-refractivity contribution is -0.150. The average Bonchev–Trinajstić information content (AvgIpc) is 3.12. The van der Waals surface area contributed by atoms with Gasteiger partial charge in [0, 0.05) is 13.1 Å². The number of carbonyl (C=O) groups is 2. The number of nitrogens with zero attached hydrogens (tertiary/aromatic N) is 1. The van der Waals surface area contributed by atoms with Crippen molar-refractivity contribution in [1.29, 1.82) is 0 Å². The molecule has 6 nitrogen and oxygen atoms in total. The minimum absolute atomic E-state index is 0.0628. The maximum absolute atomic E-state index is 11.8. The molecule has 1 heterocycles. The Kier molecular flexibility index (Phi) is 4.54. The fraction of sp³-hybridized carbons (Fsp3) is 0.833. The van der Waals surface area contributed by atoms with Crippen LogP contribution in [0.1, 0.15) is 19.3 Å². The van der Waals surface area contributed by atoms with Gasteiger partial charge in [-0.15, -0.1) is 0 Å². The molecule has 1 atom stereocenters. The molecule has 0 radical (unpaired) electrons. The minimum atomic E-state index is -0.903. The van der Waals surface area contributed by atoms with Crippen LogP contribution in [0.3, 0.4) is 0 Å². The molecule has 2 rings (SSSR count). The van der Waals surface area contributed by atoms with E-state index in [4.69, 9.17) is 14.6 Å². The third-order valence-electron chi connectivity index (χ3n) is 3.17. The molecule has 6 heteroatoms. The first kappa shape index (κ1) is 13.3.